The molecule has 0 spiro atoms. The summed E-state index contributed by atoms with van der Waals surface area (Å²) in [6, 6.07) is 0.919. The molecule has 7 atom stereocenters. The number of quaternary nitrogens is 3. The first-order valence-electron chi connectivity index (χ1n) is 14.7. The van der Waals surface area contributed by atoms with Crippen LogP contribution < -0.4 is 71.9 Å². The third-order valence-corrected chi connectivity index (χ3v) is 13.3. The molecule has 3 aliphatic carbocycles. The van der Waals surface area contributed by atoms with Gasteiger partial charge in [0.15, 0.2) is 0 Å². The summed E-state index contributed by atoms with van der Waals surface area (Å²) in [4.78, 5) is 0. The van der Waals surface area contributed by atoms with E-state index in [1.807, 2.05) is 0 Å². The van der Waals surface area contributed by atoms with Crippen molar-refractivity contribution in [3.05, 3.63) is 0 Å². The summed E-state index contributed by atoms with van der Waals surface area (Å²) in [7, 11) is 15.2. The van der Waals surface area contributed by atoms with E-state index in [1.54, 1.807) is 0 Å². The molecule has 36 heavy (non-hydrogen) atoms. The van der Waals surface area contributed by atoms with Gasteiger partial charge in [-0.05, 0) is 62.7 Å². The van der Waals surface area contributed by atoms with Crippen molar-refractivity contribution in [3.8, 4) is 0 Å². The van der Waals surface area contributed by atoms with Crippen molar-refractivity contribution in [2.75, 3.05) is 68.5 Å². The molecule has 0 amide bonds. The number of hydrogen-bond donors (Lipinski definition) is 0. The van der Waals surface area contributed by atoms with Crippen LogP contribution in [0.5, 0.6) is 0 Å². The van der Waals surface area contributed by atoms with Crippen molar-refractivity contribution in [1.82, 2.24) is 0 Å². The van der Waals surface area contributed by atoms with Gasteiger partial charge in [0.1, 0.15) is 0 Å². The number of fused-ring (bicyclic) bond motifs is 5. The van der Waals surface area contributed by atoms with Gasteiger partial charge in [0.25, 0.3) is 0 Å². The van der Waals surface area contributed by atoms with Crippen LogP contribution in [-0.2, 0) is 0 Å². The average molecular weight is 842 g/mol. The van der Waals surface area contributed by atoms with Crippen LogP contribution in [0.1, 0.15) is 84.5 Å². The van der Waals surface area contributed by atoms with E-state index in [9.17, 15) is 0 Å². The largest absolute Gasteiger partial charge is 1.00 e. The molecule has 214 valence electrons. The maximum atomic E-state index is 2.82. The highest BCUT2D eigenvalue weighted by Gasteiger charge is 2.68. The fraction of sp³-hybridized carbons (Fsp3) is 1.00. The molecule has 0 N–H and O–H groups in total. The second kappa shape index (κ2) is 11.4. The lowest BCUT2D eigenvalue weighted by atomic mass is 9.39. The van der Waals surface area contributed by atoms with E-state index in [1.165, 1.54) is 106 Å². The first-order valence-corrected chi connectivity index (χ1v) is 14.7. The number of piperidine rings is 1. The predicted molar refractivity (Wildman–Crippen MR) is 140 cm³/mol. The summed E-state index contributed by atoms with van der Waals surface area (Å²) in [5.74, 6) is 2.92. The molecule has 0 aromatic carbocycles. The number of rotatable bonds is 3. The summed E-state index contributed by atoms with van der Waals surface area (Å²) in [5.41, 5.74) is 1.61. The molecule has 0 radical (unpaired) electrons. The Labute approximate surface area is 276 Å². The number of hydrogen-bond acceptors (Lipinski definition) is 0. The van der Waals surface area contributed by atoms with Gasteiger partial charge < -0.3 is 85.4 Å². The normalized spacial score (nSPS) is 45.0. The molecule has 5 aliphatic rings. The van der Waals surface area contributed by atoms with E-state index in [4.69, 9.17) is 0 Å². The maximum absolute atomic E-state index is 2.82. The maximum Gasteiger partial charge on any atom is 0.0991 e. The summed E-state index contributed by atoms with van der Waals surface area (Å²) < 4.78 is 3.82. The Kier molecular flexibility index (Phi) is 10.8. The zero-order valence-corrected chi connectivity index (χ0v) is 31.4. The predicted octanol–water partition coefficient (Wildman–Crippen LogP) is -3.44. The molecular weight excluding hydrogens is 783 g/mol. The van der Waals surface area contributed by atoms with Crippen LogP contribution in [0, 0.1) is 28.6 Å². The average Bonchev–Trinajstić information content (AvgIpc) is 3.15. The highest BCUT2D eigenvalue weighted by molar-refractivity contribution is 5.12. The standard InChI is InChI=1S/C30H58N3.3HI/c1-28-16-13-24(33(8)20-9-10-21-33)22-30(28,23-31(3,4)5)18-14-25-26(28)15-17-29(2)27(25)12-11-19-32(29,6)7;;;/h24-27H,9-23H2,1-8H3;3*1H/q+3;;;/p-3/t24?,25-,26+,27+,28-,29+,30+;;;/m1.../s1. The highest BCUT2D eigenvalue weighted by Crippen LogP contribution is 2.69. The zero-order chi connectivity index (χ0) is 23.9. The van der Waals surface area contributed by atoms with Crippen molar-refractivity contribution in [1.29, 1.82) is 0 Å². The van der Waals surface area contributed by atoms with E-state index >= 15 is 0 Å². The molecule has 0 bridgehead atoms. The number of nitrogens with zero attached hydrogens (tertiary/aromatic N) is 3. The van der Waals surface area contributed by atoms with E-state index in [0.29, 0.717) is 16.4 Å². The second-order valence-corrected chi connectivity index (χ2v) is 16.0. The van der Waals surface area contributed by atoms with Crippen molar-refractivity contribution in [3.63, 3.8) is 0 Å². The van der Waals surface area contributed by atoms with Crippen LogP contribution in [0.15, 0.2) is 0 Å². The molecule has 0 aromatic heterocycles. The number of halogens is 3. The minimum Gasteiger partial charge on any atom is -1.00 e. The Balaban J connectivity index is 0.00000152. The van der Waals surface area contributed by atoms with Gasteiger partial charge in [-0.1, -0.05) is 6.92 Å². The molecule has 6 heteroatoms. The van der Waals surface area contributed by atoms with Crippen molar-refractivity contribution in [2.45, 2.75) is 96.1 Å². The Morgan fingerprint density at radius 3 is 1.97 bits per heavy atom. The molecule has 2 heterocycles. The molecule has 2 aliphatic heterocycles. The smallest absolute Gasteiger partial charge is 0.0991 e. The van der Waals surface area contributed by atoms with E-state index in [-0.39, 0.29) is 71.9 Å². The fourth-order valence-corrected chi connectivity index (χ4v) is 11.1. The quantitative estimate of drug-likeness (QED) is 0.205. The Hall–Kier alpha value is 2.07. The van der Waals surface area contributed by atoms with Crippen LogP contribution in [0.3, 0.4) is 0 Å². The molecular formula is C30H58I3N3. The second-order valence-electron chi connectivity index (χ2n) is 16.0. The van der Waals surface area contributed by atoms with Crippen molar-refractivity contribution >= 4 is 0 Å². The van der Waals surface area contributed by atoms with Gasteiger partial charge in [0.05, 0.1) is 80.0 Å². The van der Waals surface area contributed by atoms with Crippen molar-refractivity contribution in [2.24, 2.45) is 28.6 Å². The topological polar surface area (TPSA) is 0 Å². The van der Waals surface area contributed by atoms with Gasteiger partial charge >= 0.3 is 0 Å². The molecule has 3 saturated carbocycles. The molecule has 5 rings (SSSR count). The van der Waals surface area contributed by atoms with Gasteiger partial charge in [0.2, 0.25) is 0 Å². The van der Waals surface area contributed by atoms with E-state index in [2.05, 4.69) is 56.1 Å². The Morgan fingerprint density at radius 1 is 0.722 bits per heavy atom. The lowest BCUT2D eigenvalue weighted by Gasteiger charge is -2.69. The number of likely N-dealkylation sites (tertiary alicyclic amines) is 2. The monoisotopic (exact) mass is 841 g/mol. The molecule has 0 aromatic rings. The Morgan fingerprint density at radius 2 is 1.36 bits per heavy atom. The lowest BCUT2D eigenvalue weighted by molar-refractivity contribution is -0.952. The Bertz CT molecular complexity index is 761. The van der Waals surface area contributed by atoms with Crippen LogP contribution in [0.2, 0.25) is 0 Å². The van der Waals surface area contributed by atoms with Gasteiger partial charge in [-0.3, -0.25) is 0 Å². The fourth-order valence-electron chi connectivity index (χ4n) is 11.1. The van der Waals surface area contributed by atoms with Crippen molar-refractivity contribution < 1.29 is 85.4 Å². The zero-order valence-electron chi connectivity index (χ0n) is 24.9. The van der Waals surface area contributed by atoms with Crippen LogP contribution in [0.25, 0.3) is 0 Å². The van der Waals surface area contributed by atoms with Gasteiger partial charge in [-0.2, -0.15) is 0 Å². The van der Waals surface area contributed by atoms with Crippen LogP contribution in [0.4, 0.5) is 0 Å². The molecule has 1 unspecified atom stereocenters. The first-order chi connectivity index (χ1) is 15.3. The van der Waals surface area contributed by atoms with Crippen LogP contribution in [-0.4, -0.2) is 93.5 Å². The SMILES string of the molecule is C[C@]12CC[C@H]3[C@@H](CC[C@@]4(C[N+](C)(C)C)CC([N+]5(C)CCCC5)CC[C@]34C)[C@@H]1CCC[N+]2(C)C.[I-].[I-].[I-]. The summed E-state index contributed by atoms with van der Waals surface area (Å²) in [5, 5.41) is 0. The summed E-state index contributed by atoms with van der Waals surface area (Å²) >= 11 is 0. The lowest BCUT2D eigenvalue weighted by Crippen LogP contribution is -3.00. The van der Waals surface area contributed by atoms with Gasteiger partial charge in [-0.15, -0.1) is 0 Å². The summed E-state index contributed by atoms with van der Waals surface area (Å²) in [6.45, 7) is 11.2. The molecule has 5 fully saturated rings. The molecule has 3 nitrogen and oxygen atoms in total. The third-order valence-electron chi connectivity index (χ3n) is 13.3. The minimum absolute atomic E-state index is 0. The molecule has 2 saturated heterocycles. The van der Waals surface area contributed by atoms with E-state index in [0.717, 1.165) is 28.3 Å². The minimum atomic E-state index is 0. The summed E-state index contributed by atoms with van der Waals surface area (Å²) in [6.07, 6.45) is 16.4. The highest BCUT2D eigenvalue weighted by atomic mass is 127. The first kappa shape index (κ1) is 34.3. The van der Waals surface area contributed by atoms with Gasteiger partial charge in [0, 0.05) is 43.4 Å². The van der Waals surface area contributed by atoms with Crippen LogP contribution >= 0.6 is 0 Å². The van der Waals surface area contributed by atoms with Gasteiger partial charge in [-0.25, -0.2) is 0 Å². The third kappa shape index (κ3) is 5.35. The van der Waals surface area contributed by atoms with E-state index < -0.39 is 0 Å².